The van der Waals surface area contributed by atoms with Crippen LogP contribution in [0.2, 0.25) is 0 Å². The van der Waals surface area contributed by atoms with Gasteiger partial charge in [-0.15, -0.1) is 0 Å². The normalized spacial score (nSPS) is 24.6. The summed E-state index contributed by atoms with van der Waals surface area (Å²) in [4.78, 5) is 2.51. The van der Waals surface area contributed by atoms with E-state index >= 15 is 0 Å². The van der Waals surface area contributed by atoms with E-state index in [1.807, 2.05) is 6.92 Å². The van der Waals surface area contributed by atoms with Crippen molar-refractivity contribution < 1.29 is 4.63 Å². The molecule has 0 unspecified atom stereocenters. The van der Waals surface area contributed by atoms with Crippen molar-refractivity contribution in [3.8, 4) is 0 Å². The van der Waals surface area contributed by atoms with Crippen molar-refractivity contribution in [3.05, 3.63) is 11.4 Å². The van der Waals surface area contributed by atoms with Gasteiger partial charge in [-0.3, -0.25) is 4.90 Å². The minimum Gasteiger partial charge on any atom is -0.297 e. The Morgan fingerprint density at radius 2 is 2.06 bits per heavy atom. The molecule has 2 fully saturated rings. The molecule has 1 aliphatic carbocycles. The Hall–Kier alpha value is -0.900. The summed E-state index contributed by atoms with van der Waals surface area (Å²) in [6, 6.07) is 0. The third kappa shape index (κ3) is 1.75. The molecule has 2 aliphatic rings. The van der Waals surface area contributed by atoms with Gasteiger partial charge in [-0.1, -0.05) is 23.2 Å². The zero-order chi connectivity index (χ0) is 11.0. The van der Waals surface area contributed by atoms with Gasteiger partial charge in [-0.25, -0.2) is 4.63 Å². The SMILES string of the molecule is Cc1nonc1CN1CCC2(CCCC2)C1. The smallest absolute Gasteiger partial charge is 0.122 e. The molecule has 1 aliphatic heterocycles. The minimum absolute atomic E-state index is 0.644. The van der Waals surface area contributed by atoms with Crippen molar-refractivity contribution in [2.75, 3.05) is 13.1 Å². The molecule has 2 heterocycles. The van der Waals surface area contributed by atoms with Gasteiger partial charge in [0, 0.05) is 13.1 Å². The molecular formula is C12H19N3O. The van der Waals surface area contributed by atoms with Crippen LogP contribution in [0, 0.1) is 12.3 Å². The van der Waals surface area contributed by atoms with Crippen LogP contribution < -0.4 is 0 Å². The van der Waals surface area contributed by atoms with E-state index in [0.29, 0.717) is 5.41 Å². The van der Waals surface area contributed by atoms with Crippen LogP contribution in [0.15, 0.2) is 4.63 Å². The van der Waals surface area contributed by atoms with Crippen LogP contribution in [-0.4, -0.2) is 28.3 Å². The Kier molecular flexibility index (Phi) is 2.46. The molecule has 1 aromatic rings. The standard InChI is InChI=1S/C12H19N3O/c1-10-11(14-16-13-10)8-15-7-6-12(9-15)4-2-3-5-12/h2-9H2,1H3. The molecular weight excluding hydrogens is 202 g/mol. The van der Waals surface area contributed by atoms with Gasteiger partial charge >= 0.3 is 0 Å². The molecule has 1 aromatic heterocycles. The fourth-order valence-electron chi connectivity index (χ4n) is 3.30. The molecule has 4 heteroatoms. The first-order valence-corrected chi connectivity index (χ1v) is 6.28. The fraction of sp³-hybridized carbons (Fsp3) is 0.833. The summed E-state index contributed by atoms with van der Waals surface area (Å²) in [5.41, 5.74) is 2.59. The molecule has 1 saturated carbocycles. The van der Waals surface area contributed by atoms with E-state index in [9.17, 15) is 0 Å². The van der Waals surface area contributed by atoms with E-state index in [0.717, 1.165) is 17.9 Å². The maximum Gasteiger partial charge on any atom is 0.122 e. The third-order valence-corrected chi connectivity index (χ3v) is 4.30. The Balaban J connectivity index is 1.64. The third-order valence-electron chi connectivity index (χ3n) is 4.30. The number of likely N-dealkylation sites (tertiary alicyclic amines) is 1. The average molecular weight is 221 g/mol. The van der Waals surface area contributed by atoms with E-state index in [1.165, 1.54) is 45.2 Å². The highest BCUT2D eigenvalue weighted by Gasteiger charge is 2.40. The largest absolute Gasteiger partial charge is 0.297 e. The Labute approximate surface area is 96.0 Å². The zero-order valence-corrected chi connectivity index (χ0v) is 9.91. The van der Waals surface area contributed by atoms with Crippen LogP contribution >= 0.6 is 0 Å². The van der Waals surface area contributed by atoms with Gasteiger partial charge < -0.3 is 0 Å². The van der Waals surface area contributed by atoms with Crippen LogP contribution in [0.1, 0.15) is 43.5 Å². The molecule has 4 nitrogen and oxygen atoms in total. The number of hydrogen-bond acceptors (Lipinski definition) is 4. The monoisotopic (exact) mass is 221 g/mol. The van der Waals surface area contributed by atoms with E-state index in [1.54, 1.807) is 0 Å². The predicted molar refractivity (Wildman–Crippen MR) is 59.8 cm³/mol. The van der Waals surface area contributed by atoms with E-state index in [-0.39, 0.29) is 0 Å². The van der Waals surface area contributed by atoms with E-state index < -0.39 is 0 Å². The van der Waals surface area contributed by atoms with Gasteiger partial charge in [0.1, 0.15) is 11.4 Å². The highest BCUT2D eigenvalue weighted by molar-refractivity contribution is 5.05. The van der Waals surface area contributed by atoms with Crippen molar-refractivity contribution in [3.63, 3.8) is 0 Å². The number of hydrogen-bond donors (Lipinski definition) is 0. The summed E-state index contributed by atoms with van der Waals surface area (Å²) in [6.45, 7) is 5.34. The molecule has 0 radical (unpaired) electrons. The van der Waals surface area contributed by atoms with Gasteiger partial charge in [-0.05, 0) is 38.1 Å². The minimum atomic E-state index is 0.644. The van der Waals surface area contributed by atoms with Crippen LogP contribution in [0.5, 0.6) is 0 Å². The van der Waals surface area contributed by atoms with Crippen molar-refractivity contribution in [1.29, 1.82) is 0 Å². The number of aryl methyl sites for hydroxylation is 1. The average Bonchev–Trinajstić information content (AvgIpc) is 2.96. The Morgan fingerprint density at radius 3 is 2.75 bits per heavy atom. The van der Waals surface area contributed by atoms with Crippen LogP contribution in [0.3, 0.4) is 0 Å². The Bertz CT molecular complexity index is 368. The fourth-order valence-corrected chi connectivity index (χ4v) is 3.30. The Morgan fingerprint density at radius 1 is 1.25 bits per heavy atom. The molecule has 3 rings (SSSR count). The van der Waals surface area contributed by atoms with Crippen molar-refractivity contribution in [2.24, 2.45) is 5.41 Å². The number of rotatable bonds is 2. The van der Waals surface area contributed by atoms with Crippen molar-refractivity contribution in [2.45, 2.75) is 45.6 Å². The lowest BCUT2D eigenvalue weighted by molar-refractivity contribution is 0.246. The summed E-state index contributed by atoms with van der Waals surface area (Å²) in [6.07, 6.45) is 7.09. The molecule has 0 bridgehead atoms. The van der Waals surface area contributed by atoms with E-state index in [2.05, 4.69) is 15.2 Å². The molecule has 16 heavy (non-hydrogen) atoms. The zero-order valence-electron chi connectivity index (χ0n) is 9.91. The van der Waals surface area contributed by atoms with Crippen molar-refractivity contribution >= 4 is 0 Å². The molecule has 1 saturated heterocycles. The lowest BCUT2D eigenvalue weighted by atomic mass is 9.86. The topological polar surface area (TPSA) is 42.2 Å². The highest BCUT2D eigenvalue weighted by Crippen LogP contribution is 2.45. The first-order valence-electron chi connectivity index (χ1n) is 6.28. The van der Waals surface area contributed by atoms with Gasteiger partial charge in [0.15, 0.2) is 0 Å². The second-order valence-electron chi connectivity index (χ2n) is 5.46. The van der Waals surface area contributed by atoms with Crippen LogP contribution in [-0.2, 0) is 6.54 Å². The summed E-state index contributed by atoms with van der Waals surface area (Å²) >= 11 is 0. The number of nitrogens with zero attached hydrogens (tertiary/aromatic N) is 3. The van der Waals surface area contributed by atoms with E-state index in [4.69, 9.17) is 4.63 Å². The highest BCUT2D eigenvalue weighted by atomic mass is 16.6. The van der Waals surface area contributed by atoms with Gasteiger partial charge in [0.2, 0.25) is 0 Å². The summed E-state index contributed by atoms with van der Waals surface area (Å²) in [5, 5.41) is 7.80. The van der Waals surface area contributed by atoms with Crippen LogP contribution in [0.25, 0.3) is 0 Å². The lowest BCUT2D eigenvalue weighted by Gasteiger charge is -2.23. The second kappa shape index (κ2) is 3.84. The maximum atomic E-state index is 4.75. The second-order valence-corrected chi connectivity index (χ2v) is 5.46. The van der Waals surface area contributed by atoms with Crippen molar-refractivity contribution in [1.82, 2.24) is 15.2 Å². The molecule has 88 valence electrons. The molecule has 0 atom stereocenters. The molecule has 0 N–H and O–H groups in total. The molecule has 0 amide bonds. The maximum absolute atomic E-state index is 4.75. The van der Waals surface area contributed by atoms with Gasteiger partial charge in [0.25, 0.3) is 0 Å². The van der Waals surface area contributed by atoms with Crippen LogP contribution in [0.4, 0.5) is 0 Å². The summed E-state index contributed by atoms with van der Waals surface area (Å²) in [7, 11) is 0. The van der Waals surface area contributed by atoms with Gasteiger partial charge in [-0.2, -0.15) is 0 Å². The first kappa shape index (κ1) is 10.3. The number of aromatic nitrogens is 2. The quantitative estimate of drug-likeness (QED) is 0.767. The molecule has 1 spiro atoms. The lowest BCUT2D eigenvalue weighted by Crippen LogP contribution is -2.25. The molecule has 0 aromatic carbocycles. The summed E-state index contributed by atoms with van der Waals surface area (Å²) in [5.74, 6) is 0. The first-order chi connectivity index (χ1) is 7.77. The predicted octanol–water partition coefficient (Wildman–Crippen LogP) is 2.14. The summed E-state index contributed by atoms with van der Waals surface area (Å²) < 4.78 is 4.75. The van der Waals surface area contributed by atoms with Gasteiger partial charge in [0.05, 0.1) is 0 Å².